The number of amides is 3. The van der Waals surface area contributed by atoms with Crippen molar-refractivity contribution in [3.05, 3.63) is 35.9 Å². The molecule has 0 bridgehead atoms. The van der Waals surface area contributed by atoms with E-state index in [1.54, 1.807) is 0 Å². The molecular formula is C12H14N2O4. The number of hydrogen-bond acceptors (Lipinski definition) is 4. The Labute approximate surface area is 104 Å². The first kappa shape index (κ1) is 12.4. The monoisotopic (exact) mass is 250 g/mol. The number of hydrogen-bond donors (Lipinski definition) is 2. The SMILES string of the molecule is O=C1NC(CO)CN1C(=O)OCc1ccccc1. The number of carbonyl (C=O) groups excluding carboxylic acids is 2. The molecule has 0 aliphatic carbocycles. The lowest BCUT2D eigenvalue weighted by molar-refractivity contribution is 0.109. The zero-order valence-electron chi connectivity index (χ0n) is 9.70. The number of benzene rings is 1. The van der Waals surface area contributed by atoms with E-state index >= 15 is 0 Å². The van der Waals surface area contributed by atoms with Crippen molar-refractivity contribution in [2.24, 2.45) is 0 Å². The molecule has 1 aliphatic rings. The van der Waals surface area contributed by atoms with Crippen molar-refractivity contribution >= 4 is 12.1 Å². The summed E-state index contributed by atoms with van der Waals surface area (Å²) in [6.45, 7) is 0.0460. The minimum Gasteiger partial charge on any atom is -0.444 e. The molecule has 0 saturated carbocycles. The maximum atomic E-state index is 11.7. The van der Waals surface area contributed by atoms with E-state index in [9.17, 15) is 9.59 Å². The molecule has 1 heterocycles. The lowest BCUT2D eigenvalue weighted by Crippen LogP contribution is -2.34. The fourth-order valence-electron chi connectivity index (χ4n) is 1.66. The number of imide groups is 1. The molecule has 2 N–H and O–H groups in total. The smallest absolute Gasteiger partial charge is 0.418 e. The first-order chi connectivity index (χ1) is 8.70. The second-order valence-electron chi connectivity index (χ2n) is 3.98. The van der Waals surface area contributed by atoms with Gasteiger partial charge in [0.05, 0.1) is 19.2 Å². The zero-order valence-corrected chi connectivity index (χ0v) is 9.70. The summed E-state index contributed by atoms with van der Waals surface area (Å²) < 4.78 is 5.02. The summed E-state index contributed by atoms with van der Waals surface area (Å²) in [5.74, 6) is 0. The third-order valence-corrected chi connectivity index (χ3v) is 2.62. The summed E-state index contributed by atoms with van der Waals surface area (Å²) in [4.78, 5) is 24.0. The van der Waals surface area contributed by atoms with Crippen LogP contribution in [0.1, 0.15) is 5.56 Å². The highest BCUT2D eigenvalue weighted by Crippen LogP contribution is 2.08. The number of nitrogens with zero attached hydrogens (tertiary/aromatic N) is 1. The van der Waals surface area contributed by atoms with E-state index < -0.39 is 18.2 Å². The van der Waals surface area contributed by atoms with Crippen LogP contribution in [0.5, 0.6) is 0 Å². The van der Waals surface area contributed by atoms with E-state index in [1.807, 2.05) is 30.3 Å². The summed E-state index contributed by atoms with van der Waals surface area (Å²) in [5, 5.41) is 11.4. The Hall–Kier alpha value is -2.08. The summed E-state index contributed by atoms with van der Waals surface area (Å²) >= 11 is 0. The van der Waals surface area contributed by atoms with Crippen molar-refractivity contribution in [1.82, 2.24) is 10.2 Å². The van der Waals surface area contributed by atoms with Gasteiger partial charge >= 0.3 is 12.1 Å². The Kier molecular flexibility index (Phi) is 3.78. The maximum Gasteiger partial charge on any atom is 0.418 e. The summed E-state index contributed by atoms with van der Waals surface area (Å²) in [6.07, 6.45) is -0.702. The van der Waals surface area contributed by atoms with Crippen molar-refractivity contribution < 1.29 is 19.4 Å². The number of carbonyl (C=O) groups is 2. The zero-order chi connectivity index (χ0) is 13.0. The van der Waals surface area contributed by atoms with Crippen molar-refractivity contribution in [2.75, 3.05) is 13.2 Å². The van der Waals surface area contributed by atoms with Crippen molar-refractivity contribution in [3.8, 4) is 0 Å². The molecule has 2 rings (SSSR count). The van der Waals surface area contributed by atoms with E-state index in [1.165, 1.54) is 0 Å². The number of rotatable bonds is 3. The summed E-state index contributed by atoms with van der Waals surface area (Å²) in [5.41, 5.74) is 0.851. The molecule has 3 amide bonds. The van der Waals surface area contributed by atoms with Crippen molar-refractivity contribution in [1.29, 1.82) is 0 Å². The van der Waals surface area contributed by atoms with Gasteiger partial charge < -0.3 is 15.2 Å². The van der Waals surface area contributed by atoms with Crippen LogP contribution in [-0.2, 0) is 11.3 Å². The van der Waals surface area contributed by atoms with E-state index in [-0.39, 0.29) is 19.8 Å². The fraction of sp³-hybridized carbons (Fsp3) is 0.333. The van der Waals surface area contributed by atoms with Crippen molar-refractivity contribution in [3.63, 3.8) is 0 Å². The van der Waals surface area contributed by atoms with Gasteiger partial charge in [-0.1, -0.05) is 30.3 Å². The minimum atomic E-state index is -0.702. The Morgan fingerprint density at radius 3 is 2.78 bits per heavy atom. The molecular weight excluding hydrogens is 236 g/mol. The molecule has 18 heavy (non-hydrogen) atoms. The highest BCUT2D eigenvalue weighted by atomic mass is 16.6. The van der Waals surface area contributed by atoms with Crippen molar-refractivity contribution in [2.45, 2.75) is 12.6 Å². The third kappa shape index (κ3) is 2.78. The molecule has 1 aromatic rings. The minimum absolute atomic E-state index is 0.118. The molecule has 1 saturated heterocycles. The van der Waals surface area contributed by atoms with Crippen LogP contribution in [0.25, 0.3) is 0 Å². The second-order valence-corrected chi connectivity index (χ2v) is 3.98. The van der Waals surface area contributed by atoms with Gasteiger partial charge in [-0.15, -0.1) is 0 Å². The molecule has 0 spiro atoms. The number of nitrogens with one attached hydrogen (secondary N) is 1. The number of ether oxygens (including phenoxy) is 1. The van der Waals surface area contributed by atoms with Gasteiger partial charge in [0, 0.05) is 0 Å². The van der Waals surface area contributed by atoms with Gasteiger partial charge in [0.25, 0.3) is 0 Å². The van der Waals surface area contributed by atoms with Crippen LogP contribution in [0.2, 0.25) is 0 Å². The third-order valence-electron chi connectivity index (χ3n) is 2.62. The molecule has 1 fully saturated rings. The average molecular weight is 250 g/mol. The predicted octanol–water partition coefficient (Wildman–Crippen LogP) is 0.709. The standard InChI is InChI=1S/C12H14N2O4/c15-7-10-6-14(11(16)13-10)12(17)18-8-9-4-2-1-3-5-9/h1-5,10,15H,6-8H2,(H,13,16). The highest BCUT2D eigenvalue weighted by molar-refractivity contribution is 5.92. The van der Waals surface area contributed by atoms with Gasteiger partial charge in [0.1, 0.15) is 6.61 Å². The number of urea groups is 1. The Morgan fingerprint density at radius 1 is 1.44 bits per heavy atom. The molecule has 6 heteroatoms. The molecule has 1 unspecified atom stereocenters. The van der Waals surface area contributed by atoms with E-state index in [0.29, 0.717) is 0 Å². The normalized spacial score (nSPS) is 18.6. The van der Waals surface area contributed by atoms with Crippen LogP contribution >= 0.6 is 0 Å². The molecule has 1 atom stereocenters. The van der Waals surface area contributed by atoms with E-state index in [0.717, 1.165) is 10.5 Å². The van der Waals surface area contributed by atoms with Crippen LogP contribution in [0.4, 0.5) is 9.59 Å². The quantitative estimate of drug-likeness (QED) is 0.828. The fourth-order valence-corrected chi connectivity index (χ4v) is 1.66. The van der Waals surface area contributed by atoms with Gasteiger partial charge in [-0.05, 0) is 5.56 Å². The van der Waals surface area contributed by atoms with Gasteiger partial charge in [0.15, 0.2) is 0 Å². The lowest BCUT2D eigenvalue weighted by atomic mass is 10.2. The predicted molar refractivity (Wildman–Crippen MR) is 62.7 cm³/mol. The molecule has 0 aromatic heterocycles. The largest absolute Gasteiger partial charge is 0.444 e. The first-order valence-electron chi connectivity index (χ1n) is 5.60. The molecule has 1 aliphatic heterocycles. The Bertz CT molecular complexity index is 435. The lowest BCUT2D eigenvalue weighted by Gasteiger charge is -2.12. The van der Waals surface area contributed by atoms with E-state index in [4.69, 9.17) is 9.84 Å². The molecule has 0 radical (unpaired) electrons. The molecule has 96 valence electrons. The van der Waals surface area contributed by atoms with Crippen LogP contribution in [-0.4, -0.2) is 41.3 Å². The first-order valence-corrected chi connectivity index (χ1v) is 5.60. The topological polar surface area (TPSA) is 78.9 Å². The Morgan fingerprint density at radius 2 is 2.17 bits per heavy atom. The maximum absolute atomic E-state index is 11.7. The van der Waals surface area contributed by atoms with Gasteiger partial charge in [-0.2, -0.15) is 0 Å². The number of aliphatic hydroxyl groups is 1. The Balaban J connectivity index is 1.87. The van der Waals surface area contributed by atoms with Gasteiger partial charge in [-0.3, -0.25) is 0 Å². The number of aliphatic hydroxyl groups excluding tert-OH is 1. The van der Waals surface area contributed by atoms with Crippen LogP contribution in [0.3, 0.4) is 0 Å². The summed E-state index contributed by atoms with van der Waals surface area (Å²) in [7, 11) is 0. The highest BCUT2D eigenvalue weighted by Gasteiger charge is 2.33. The van der Waals surface area contributed by atoms with Gasteiger partial charge in [0.2, 0.25) is 0 Å². The molecule has 6 nitrogen and oxygen atoms in total. The average Bonchev–Trinajstić information content (AvgIpc) is 2.78. The van der Waals surface area contributed by atoms with Crippen LogP contribution in [0.15, 0.2) is 30.3 Å². The van der Waals surface area contributed by atoms with Crippen LogP contribution < -0.4 is 5.32 Å². The second kappa shape index (κ2) is 5.50. The van der Waals surface area contributed by atoms with E-state index in [2.05, 4.69) is 5.32 Å². The summed E-state index contributed by atoms with van der Waals surface area (Å²) in [6, 6.07) is 8.25. The molecule has 1 aromatic carbocycles. The van der Waals surface area contributed by atoms with Crippen LogP contribution in [0, 0.1) is 0 Å². The van der Waals surface area contributed by atoms with Gasteiger partial charge in [-0.25, -0.2) is 14.5 Å².